The highest BCUT2D eigenvalue weighted by molar-refractivity contribution is 7.14. The van der Waals surface area contributed by atoms with Gasteiger partial charge in [-0.15, -0.1) is 11.3 Å². The first-order valence-corrected chi connectivity index (χ1v) is 7.82. The molecule has 0 unspecified atom stereocenters. The van der Waals surface area contributed by atoms with Crippen molar-refractivity contribution in [1.82, 2.24) is 9.97 Å². The molecular weight excluding hydrogens is 278 g/mol. The summed E-state index contributed by atoms with van der Waals surface area (Å²) in [5, 5.41) is 6.11. The second kappa shape index (κ2) is 5.10. The van der Waals surface area contributed by atoms with Crippen molar-refractivity contribution in [2.75, 3.05) is 11.9 Å². The summed E-state index contributed by atoms with van der Waals surface area (Å²) in [5.74, 6) is 2.44. The Morgan fingerprint density at radius 1 is 1.42 bits per heavy atom. The van der Waals surface area contributed by atoms with Gasteiger partial charge in [-0.1, -0.05) is 11.6 Å². The van der Waals surface area contributed by atoms with E-state index in [1.54, 1.807) is 11.3 Å². The van der Waals surface area contributed by atoms with Crippen molar-refractivity contribution in [3.63, 3.8) is 0 Å². The van der Waals surface area contributed by atoms with E-state index in [9.17, 15) is 0 Å². The van der Waals surface area contributed by atoms with Crippen LogP contribution in [0.2, 0.25) is 5.02 Å². The van der Waals surface area contributed by atoms with Crippen LogP contribution in [-0.2, 0) is 0 Å². The molecule has 0 bridgehead atoms. The van der Waals surface area contributed by atoms with Crippen LogP contribution in [0.4, 0.5) is 5.82 Å². The minimum atomic E-state index is 0.537. The summed E-state index contributed by atoms with van der Waals surface area (Å²) in [5.41, 5.74) is 2.06. The summed E-state index contributed by atoms with van der Waals surface area (Å²) in [6.07, 6.45) is 2.40. The fourth-order valence-electron chi connectivity index (χ4n) is 2.08. The average molecular weight is 294 g/mol. The maximum Gasteiger partial charge on any atom is 0.134 e. The van der Waals surface area contributed by atoms with Crippen molar-refractivity contribution in [3.05, 3.63) is 27.9 Å². The van der Waals surface area contributed by atoms with Crippen LogP contribution in [0.15, 0.2) is 11.4 Å². The van der Waals surface area contributed by atoms with Crippen molar-refractivity contribution in [2.45, 2.75) is 32.6 Å². The maximum atomic E-state index is 6.25. The van der Waals surface area contributed by atoms with Gasteiger partial charge in [-0.25, -0.2) is 9.97 Å². The van der Waals surface area contributed by atoms with Gasteiger partial charge in [-0.2, -0.15) is 0 Å². The number of thiophene rings is 1. The highest BCUT2D eigenvalue weighted by Crippen LogP contribution is 2.41. The van der Waals surface area contributed by atoms with E-state index in [2.05, 4.69) is 24.1 Å². The van der Waals surface area contributed by atoms with E-state index in [4.69, 9.17) is 16.6 Å². The van der Waals surface area contributed by atoms with Gasteiger partial charge in [0.25, 0.3) is 0 Å². The highest BCUT2D eigenvalue weighted by atomic mass is 35.5. The monoisotopic (exact) mass is 293 g/mol. The zero-order valence-electron chi connectivity index (χ0n) is 11.0. The van der Waals surface area contributed by atoms with Gasteiger partial charge in [0.15, 0.2) is 0 Å². The summed E-state index contributed by atoms with van der Waals surface area (Å²) in [6, 6.07) is 1.92. The Kier molecular flexibility index (Phi) is 3.46. The number of rotatable bonds is 4. The third-order valence-electron chi connectivity index (χ3n) is 3.28. The van der Waals surface area contributed by atoms with Gasteiger partial charge in [0.2, 0.25) is 0 Å². The van der Waals surface area contributed by atoms with E-state index < -0.39 is 0 Å². The normalized spacial score (nSPS) is 14.7. The lowest BCUT2D eigenvalue weighted by molar-refractivity contribution is 0.919. The van der Waals surface area contributed by atoms with Gasteiger partial charge in [0.1, 0.15) is 11.6 Å². The van der Waals surface area contributed by atoms with Gasteiger partial charge in [-0.3, -0.25) is 0 Å². The number of anilines is 1. The third kappa shape index (κ3) is 2.47. The number of nitrogens with zero attached hydrogens (tertiary/aromatic N) is 2. The van der Waals surface area contributed by atoms with Crippen LogP contribution in [0, 0.1) is 6.92 Å². The van der Waals surface area contributed by atoms with E-state index in [1.165, 1.54) is 12.8 Å². The van der Waals surface area contributed by atoms with Gasteiger partial charge < -0.3 is 5.32 Å². The molecule has 0 saturated heterocycles. The first kappa shape index (κ1) is 12.9. The van der Waals surface area contributed by atoms with Crippen molar-refractivity contribution >= 4 is 28.8 Å². The molecule has 1 fully saturated rings. The smallest absolute Gasteiger partial charge is 0.134 e. The SMILES string of the molecule is CCNc1nc(C2CC2)nc(-c2sccc2Cl)c1C. The third-order valence-corrected chi connectivity index (χ3v) is 4.63. The largest absolute Gasteiger partial charge is 0.370 e. The van der Waals surface area contributed by atoms with Crippen molar-refractivity contribution in [3.8, 4) is 10.6 Å². The molecule has 2 aromatic heterocycles. The Labute approximate surface area is 122 Å². The molecular formula is C14H16ClN3S. The van der Waals surface area contributed by atoms with Crippen LogP contribution in [0.25, 0.3) is 10.6 Å². The molecule has 1 saturated carbocycles. The summed E-state index contributed by atoms with van der Waals surface area (Å²) >= 11 is 7.89. The Balaban J connectivity index is 2.13. The van der Waals surface area contributed by atoms with Crippen LogP contribution >= 0.6 is 22.9 Å². The van der Waals surface area contributed by atoms with E-state index in [1.807, 2.05) is 11.4 Å². The lowest BCUT2D eigenvalue weighted by Gasteiger charge is -2.12. The van der Waals surface area contributed by atoms with Crippen LogP contribution < -0.4 is 5.32 Å². The summed E-state index contributed by atoms with van der Waals surface area (Å²) in [7, 11) is 0. The average Bonchev–Trinajstić information content (AvgIpc) is 3.15. The molecule has 0 aromatic carbocycles. The molecule has 1 aliphatic carbocycles. The molecule has 1 N–H and O–H groups in total. The lowest BCUT2D eigenvalue weighted by Crippen LogP contribution is -2.07. The number of aromatic nitrogens is 2. The van der Waals surface area contributed by atoms with Crippen molar-refractivity contribution in [1.29, 1.82) is 0 Å². The first-order chi connectivity index (χ1) is 9.20. The fraction of sp³-hybridized carbons (Fsp3) is 0.429. The molecule has 1 aliphatic rings. The minimum absolute atomic E-state index is 0.537. The minimum Gasteiger partial charge on any atom is -0.370 e. The Bertz CT molecular complexity index is 605. The molecule has 0 atom stereocenters. The summed E-state index contributed by atoms with van der Waals surface area (Å²) < 4.78 is 0. The Hall–Kier alpha value is -1.13. The quantitative estimate of drug-likeness (QED) is 0.903. The molecule has 5 heteroatoms. The fourth-order valence-corrected chi connectivity index (χ4v) is 3.27. The molecule has 100 valence electrons. The van der Waals surface area contributed by atoms with Gasteiger partial charge in [0, 0.05) is 18.0 Å². The number of halogens is 1. The van der Waals surface area contributed by atoms with Crippen molar-refractivity contribution in [2.24, 2.45) is 0 Å². The van der Waals surface area contributed by atoms with E-state index >= 15 is 0 Å². The Morgan fingerprint density at radius 2 is 2.21 bits per heavy atom. The zero-order valence-corrected chi connectivity index (χ0v) is 12.6. The van der Waals surface area contributed by atoms with E-state index in [0.29, 0.717) is 5.92 Å². The summed E-state index contributed by atoms with van der Waals surface area (Å²) in [6.45, 7) is 5.00. The second-order valence-corrected chi connectivity index (χ2v) is 6.13. The van der Waals surface area contributed by atoms with E-state index in [-0.39, 0.29) is 0 Å². The molecule has 0 aliphatic heterocycles. The molecule has 0 amide bonds. The topological polar surface area (TPSA) is 37.8 Å². The molecule has 2 aromatic rings. The molecule has 2 heterocycles. The van der Waals surface area contributed by atoms with Gasteiger partial charge in [-0.05, 0) is 38.1 Å². The predicted octanol–water partition coefficient (Wildman–Crippen LogP) is 4.48. The van der Waals surface area contributed by atoms with Crippen molar-refractivity contribution < 1.29 is 0 Å². The van der Waals surface area contributed by atoms with Gasteiger partial charge in [0.05, 0.1) is 15.6 Å². The van der Waals surface area contributed by atoms with Crippen LogP contribution in [0.1, 0.15) is 37.1 Å². The maximum absolute atomic E-state index is 6.25. The van der Waals surface area contributed by atoms with Gasteiger partial charge >= 0.3 is 0 Å². The van der Waals surface area contributed by atoms with E-state index in [0.717, 1.165) is 39.3 Å². The number of hydrogen-bond donors (Lipinski definition) is 1. The predicted molar refractivity (Wildman–Crippen MR) is 81.2 cm³/mol. The molecule has 3 nitrogen and oxygen atoms in total. The lowest BCUT2D eigenvalue weighted by atomic mass is 10.2. The molecule has 3 rings (SSSR count). The molecule has 19 heavy (non-hydrogen) atoms. The standard InChI is InChI=1S/C14H16ClN3S/c1-3-16-13-8(2)11(12-10(15)6-7-19-12)17-14(18-13)9-4-5-9/h6-7,9H,3-5H2,1-2H3,(H,16,17,18). The van der Waals surface area contributed by atoms with Crippen LogP contribution in [0.3, 0.4) is 0 Å². The number of nitrogens with one attached hydrogen (secondary N) is 1. The highest BCUT2D eigenvalue weighted by Gasteiger charge is 2.28. The zero-order chi connectivity index (χ0) is 13.4. The second-order valence-electron chi connectivity index (χ2n) is 4.81. The summed E-state index contributed by atoms with van der Waals surface area (Å²) in [4.78, 5) is 10.5. The van der Waals surface area contributed by atoms with Crippen LogP contribution in [0.5, 0.6) is 0 Å². The molecule has 0 radical (unpaired) electrons. The van der Waals surface area contributed by atoms with Crippen LogP contribution in [-0.4, -0.2) is 16.5 Å². The Morgan fingerprint density at radius 3 is 2.79 bits per heavy atom. The molecule has 0 spiro atoms. The first-order valence-electron chi connectivity index (χ1n) is 6.56. The number of hydrogen-bond acceptors (Lipinski definition) is 4.